The summed E-state index contributed by atoms with van der Waals surface area (Å²) >= 11 is 6.30. The van der Waals surface area contributed by atoms with Gasteiger partial charge < -0.3 is 10.2 Å². The third kappa shape index (κ3) is 3.26. The summed E-state index contributed by atoms with van der Waals surface area (Å²) in [7, 11) is 0. The van der Waals surface area contributed by atoms with E-state index in [1.165, 1.54) is 6.07 Å². The quantitative estimate of drug-likeness (QED) is 0.909. The van der Waals surface area contributed by atoms with Gasteiger partial charge in [-0.3, -0.25) is 0 Å². The summed E-state index contributed by atoms with van der Waals surface area (Å²) in [4.78, 5) is 2.28. The van der Waals surface area contributed by atoms with Crippen molar-refractivity contribution >= 4 is 17.3 Å². The Morgan fingerprint density at radius 1 is 1.25 bits per heavy atom. The Kier molecular flexibility index (Phi) is 4.92. The van der Waals surface area contributed by atoms with Crippen LogP contribution in [0, 0.1) is 17.7 Å². The normalized spacial score (nSPS) is 23.7. The summed E-state index contributed by atoms with van der Waals surface area (Å²) in [6, 6.07) is 5.36. The fraction of sp³-hybridized carbons (Fsp3) is 0.625. The van der Waals surface area contributed by atoms with Crippen LogP contribution in [0.3, 0.4) is 0 Å². The van der Waals surface area contributed by atoms with Crippen LogP contribution in [-0.2, 0) is 0 Å². The molecule has 112 valence electrons. The zero-order valence-electron chi connectivity index (χ0n) is 12.7. The molecule has 2 unspecified atom stereocenters. The molecule has 0 saturated carbocycles. The number of benzene rings is 1. The first-order valence-electron chi connectivity index (χ1n) is 7.35. The van der Waals surface area contributed by atoms with Gasteiger partial charge in [-0.25, -0.2) is 4.39 Å². The van der Waals surface area contributed by atoms with Gasteiger partial charge in [0, 0.05) is 25.2 Å². The minimum Gasteiger partial charge on any atom is -0.364 e. The van der Waals surface area contributed by atoms with E-state index >= 15 is 0 Å². The van der Waals surface area contributed by atoms with Crippen LogP contribution in [0.25, 0.3) is 0 Å². The predicted molar refractivity (Wildman–Crippen MR) is 84.0 cm³/mol. The Morgan fingerprint density at radius 2 is 1.95 bits per heavy atom. The maximum absolute atomic E-state index is 13.6. The Bertz CT molecular complexity index is 462. The molecule has 0 radical (unpaired) electrons. The second kappa shape index (κ2) is 6.31. The summed E-state index contributed by atoms with van der Waals surface area (Å²) in [5, 5.41) is 4.23. The van der Waals surface area contributed by atoms with E-state index in [0.717, 1.165) is 18.8 Å². The van der Waals surface area contributed by atoms with Crippen molar-refractivity contribution in [3.05, 3.63) is 29.0 Å². The van der Waals surface area contributed by atoms with Gasteiger partial charge in [-0.1, -0.05) is 39.3 Å². The number of anilines is 1. The zero-order valence-corrected chi connectivity index (χ0v) is 13.4. The lowest BCUT2D eigenvalue weighted by Crippen LogP contribution is -2.60. The molecule has 20 heavy (non-hydrogen) atoms. The fourth-order valence-electron chi connectivity index (χ4n) is 2.82. The van der Waals surface area contributed by atoms with Gasteiger partial charge in [0.25, 0.3) is 0 Å². The first-order valence-corrected chi connectivity index (χ1v) is 7.73. The van der Waals surface area contributed by atoms with E-state index in [4.69, 9.17) is 11.6 Å². The molecule has 0 spiro atoms. The highest BCUT2D eigenvalue weighted by Gasteiger charge is 2.32. The topological polar surface area (TPSA) is 15.3 Å². The van der Waals surface area contributed by atoms with Crippen LogP contribution in [0.5, 0.6) is 0 Å². The fourth-order valence-corrected chi connectivity index (χ4v) is 3.05. The van der Waals surface area contributed by atoms with Crippen molar-refractivity contribution in [3.8, 4) is 0 Å². The lowest BCUT2D eigenvalue weighted by Gasteiger charge is -2.45. The Labute approximate surface area is 126 Å². The van der Waals surface area contributed by atoms with Gasteiger partial charge in [0.15, 0.2) is 0 Å². The van der Waals surface area contributed by atoms with E-state index in [1.807, 2.05) is 0 Å². The second-order valence-electron chi connectivity index (χ2n) is 6.32. The van der Waals surface area contributed by atoms with Crippen molar-refractivity contribution in [2.24, 2.45) is 11.8 Å². The molecule has 2 atom stereocenters. The van der Waals surface area contributed by atoms with E-state index in [2.05, 4.69) is 37.9 Å². The molecule has 0 bridgehead atoms. The van der Waals surface area contributed by atoms with Crippen LogP contribution < -0.4 is 10.2 Å². The maximum atomic E-state index is 13.6. The highest BCUT2D eigenvalue weighted by Crippen LogP contribution is 2.32. The van der Waals surface area contributed by atoms with E-state index in [1.54, 1.807) is 12.1 Å². The summed E-state index contributed by atoms with van der Waals surface area (Å²) in [6.45, 7) is 10.6. The summed E-state index contributed by atoms with van der Waals surface area (Å²) in [5.41, 5.74) is 0.817. The van der Waals surface area contributed by atoms with Gasteiger partial charge >= 0.3 is 0 Å². The minimum absolute atomic E-state index is 0.230. The molecule has 1 aromatic carbocycles. The van der Waals surface area contributed by atoms with Crippen LogP contribution >= 0.6 is 11.6 Å². The summed E-state index contributed by atoms with van der Waals surface area (Å²) < 4.78 is 13.6. The van der Waals surface area contributed by atoms with Crippen LogP contribution in [0.2, 0.25) is 5.02 Å². The summed E-state index contributed by atoms with van der Waals surface area (Å²) in [6.07, 6.45) is 0. The van der Waals surface area contributed by atoms with Crippen LogP contribution in [0.4, 0.5) is 10.1 Å². The van der Waals surface area contributed by atoms with Crippen LogP contribution in [0.1, 0.15) is 27.7 Å². The molecular formula is C16H24ClFN2. The smallest absolute Gasteiger partial charge is 0.125 e. The highest BCUT2D eigenvalue weighted by atomic mass is 35.5. The van der Waals surface area contributed by atoms with Crippen molar-refractivity contribution in [1.82, 2.24) is 5.32 Å². The molecule has 1 saturated heterocycles. The number of piperazine rings is 1. The Balaban J connectivity index is 2.33. The SMILES string of the molecule is CC(C)C1CN(c2cc(F)ccc2Cl)C(C(C)C)CN1. The monoisotopic (exact) mass is 298 g/mol. The standard InChI is InChI=1S/C16H24ClFN2/c1-10(2)14-9-20(16(8-19-14)11(3)4)15-7-12(18)5-6-13(15)17/h5-7,10-11,14,16,19H,8-9H2,1-4H3. The minimum atomic E-state index is -0.230. The third-order valence-electron chi connectivity index (χ3n) is 4.17. The molecule has 1 aromatic rings. The molecule has 1 N–H and O–H groups in total. The lowest BCUT2D eigenvalue weighted by atomic mass is 9.93. The molecule has 4 heteroatoms. The Hall–Kier alpha value is -0.800. The first-order chi connectivity index (χ1) is 9.40. The molecule has 1 aliphatic rings. The van der Waals surface area contributed by atoms with Crippen LogP contribution in [-0.4, -0.2) is 25.2 Å². The van der Waals surface area contributed by atoms with Gasteiger partial charge in [-0.15, -0.1) is 0 Å². The average molecular weight is 299 g/mol. The van der Waals surface area contributed by atoms with Gasteiger partial charge in [-0.05, 0) is 30.0 Å². The van der Waals surface area contributed by atoms with Gasteiger partial charge in [0.2, 0.25) is 0 Å². The molecule has 1 heterocycles. The Morgan fingerprint density at radius 3 is 2.55 bits per heavy atom. The molecule has 1 fully saturated rings. The number of hydrogen-bond acceptors (Lipinski definition) is 2. The number of hydrogen-bond donors (Lipinski definition) is 1. The molecule has 1 aliphatic heterocycles. The number of halogens is 2. The molecule has 0 amide bonds. The van der Waals surface area contributed by atoms with Gasteiger partial charge in [-0.2, -0.15) is 0 Å². The first kappa shape index (κ1) is 15.6. The van der Waals surface area contributed by atoms with Gasteiger partial charge in [0.05, 0.1) is 10.7 Å². The largest absolute Gasteiger partial charge is 0.364 e. The van der Waals surface area contributed by atoms with Crippen molar-refractivity contribution in [2.75, 3.05) is 18.0 Å². The van der Waals surface area contributed by atoms with Crippen molar-refractivity contribution in [1.29, 1.82) is 0 Å². The van der Waals surface area contributed by atoms with E-state index < -0.39 is 0 Å². The maximum Gasteiger partial charge on any atom is 0.125 e. The molecule has 2 rings (SSSR count). The van der Waals surface area contributed by atoms with Crippen molar-refractivity contribution in [3.63, 3.8) is 0 Å². The number of nitrogens with zero attached hydrogens (tertiary/aromatic N) is 1. The van der Waals surface area contributed by atoms with Crippen molar-refractivity contribution < 1.29 is 4.39 Å². The van der Waals surface area contributed by atoms with Crippen molar-refractivity contribution in [2.45, 2.75) is 39.8 Å². The second-order valence-corrected chi connectivity index (χ2v) is 6.73. The van der Waals surface area contributed by atoms with E-state index in [0.29, 0.717) is 28.9 Å². The average Bonchev–Trinajstić information content (AvgIpc) is 2.40. The van der Waals surface area contributed by atoms with E-state index in [-0.39, 0.29) is 5.82 Å². The molecule has 0 aliphatic carbocycles. The third-order valence-corrected chi connectivity index (χ3v) is 4.49. The number of rotatable bonds is 3. The highest BCUT2D eigenvalue weighted by molar-refractivity contribution is 6.33. The predicted octanol–water partition coefficient (Wildman–Crippen LogP) is 3.94. The van der Waals surface area contributed by atoms with E-state index in [9.17, 15) is 4.39 Å². The van der Waals surface area contributed by atoms with Gasteiger partial charge in [0.1, 0.15) is 5.82 Å². The number of nitrogens with one attached hydrogen (secondary N) is 1. The molecular weight excluding hydrogens is 275 g/mol. The summed E-state index contributed by atoms with van der Waals surface area (Å²) in [5.74, 6) is 0.791. The molecule has 2 nitrogen and oxygen atoms in total. The van der Waals surface area contributed by atoms with Crippen LogP contribution in [0.15, 0.2) is 18.2 Å². The molecule has 0 aromatic heterocycles. The lowest BCUT2D eigenvalue weighted by molar-refractivity contribution is 0.295. The zero-order chi connectivity index (χ0) is 14.9.